The molecule has 1 aromatic heterocycles. The first-order valence-electron chi connectivity index (χ1n) is 6.68. The second kappa shape index (κ2) is 6.37. The van der Waals surface area contributed by atoms with Crippen LogP contribution in [0.5, 0.6) is 0 Å². The quantitative estimate of drug-likeness (QED) is 0.794. The highest BCUT2D eigenvalue weighted by molar-refractivity contribution is 6.30. The molecule has 0 unspecified atom stereocenters. The van der Waals surface area contributed by atoms with Crippen molar-refractivity contribution < 1.29 is 4.79 Å². The number of nitrogens with one attached hydrogen (secondary N) is 1. The average molecular weight is 310 g/mol. The minimum Gasteiger partial charge on any atom is -0.290 e. The van der Waals surface area contributed by atoms with Gasteiger partial charge in [-0.3, -0.25) is 10.1 Å². The zero-order valence-electron chi connectivity index (χ0n) is 11.5. The second-order valence-electron chi connectivity index (χ2n) is 4.59. The SMILES string of the molecule is O=C(Nc1nccc(-c2ccc(Cl)cc2)n1)c1ccccc1. The lowest BCUT2D eigenvalue weighted by molar-refractivity contribution is 0.102. The molecule has 0 saturated carbocycles. The predicted molar refractivity (Wildman–Crippen MR) is 86.9 cm³/mol. The number of halogens is 1. The smallest absolute Gasteiger partial charge is 0.258 e. The number of rotatable bonds is 3. The molecule has 5 heteroatoms. The molecule has 0 bridgehead atoms. The zero-order valence-corrected chi connectivity index (χ0v) is 12.3. The monoisotopic (exact) mass is 309 g/mol. The number of benzene rings is 2. The maximum atomic E-state index is 12.1. The molecule has 0 saturated heterocycles. The molecule has 0 aliphatic heterocycles. The Balaban J connectivity index is 1.82. The van der Waals surface area contributed by atoms with E-state index >= 15 is 0 Å². The van der Waals surface area contributed by atoms with E-state index in [9.17, 15) is 4.79 Å². The van der Waals surface area contributed by atoms with Gasteiger partial charge in [0.2, 0.25) is 5.95 Å². The highest BCUT2D eigenvalue weighted by Gasteiger charge is 2.08. The van der Waals surface area contributed by atoms with Crippen LogP contribution in [0.1, 0.15) is 10.4 Å². The van der Waals surface area contributed by atoms with Crippen molar-refractivity contribution in [3.05, 3.63) is 77.4 Å². The third kappa shape index (κ3) is 3.30. The maximum absolute atomic E-state index is 12.1. The van der Waals surface area contributed by atoms with Crippen LogP contribution in [0.25, 0.3) is 11.3 Å². The van der Waals surface area contributed by atoms with E-state index in [0.29, 0.717) is 10.6 Å². The third-order valence-corrected chi connectivity index (χ3v) is 3.31. The van der Waals surface area contributed by atoms with Crippen molar-refractivity contribution in [2.24, 2.45) is 0 Å². The van der Waals surface area contributed by atoms with Gasteiger partial charge in [0.1, 0.15) is 0 Å². The lowest BCUT2D eigenvalue weighted by Crippen LogP contribution is -2.14. The molecule has 1 amide bonds. The molecule has 3 aromatic rings. The van der Waals surface area contributed by atoms with Crippen molar-refractivity contribution in [2.45, 2.75) is 0 Å². The predicted octanol–water partition coefficient (Wildman–Crippen LogP) is 4.05. The number of nitrogens with zero attached hydrogens (tertiary/aromatic N) is 2. The summed E-state index contributed by atoms with van der Waals surface area (Å²) in [5, 5.41) is 3.35. The molecule has 0 spiro atoms. The van der Waals surface area contributed by atoms with Crippen molar-refractivity contribution in [1.29, 1.82) is 0 Å². The fraction of sp³-hybridized carbons (Fsp3) is 0. The molecule has 108 valence electrons. The van der Waals surface area contributed by atoms with E-state index in [1.807, 2.05) is 18.2 Å². The van der Waals surface area contributed by atoms with Crippen LogP contribution in [0.3, 0.4) is 0 Å². The van der Waals surface area contributed by atoms with E-state index in [1.165, 1.54) is 0 Å². The lowest BCUT2D eigenvalue weighted by atomic mass is 10.1. The largest absolute Gasteiger partial charge is 0.290 e. The number of aromatic nitrogens is 2. The number of hydrogen-bond donors (Lipinski definition) is 1. The van der Waals surface area contributed by atoms with Crippen LogP contribution >= 0.6 is 11.6 Å². The van der Waals surface area contributed by atoms with Gasteiger partial charge in [-0.25, -0.2) is 9.97 Å². The highest BCUT2D eigenvalue weighted by atomic mass is 35.5. The van der Waals surface area contributed by atoms with Crippen molar-refractivity contribution >= 4 is 23.5 Å². The van der Waals surface area contributed by atoms with E-state index in [4.69, 9.17) is 11.6 Å². The van der Waals surface area contributed by atoms with E-state index in [2.05, 4.69) is 15.3 Å². The van der Waals surface area contributed by atoms with Gasteiger partial charge < -0.3 is 0 Å². The number of hydrogen-bond acceptors (Lipinski definition) is 3. The van der Waals surface area contributed by atoms with Gasteiger partial charge in [0.05, 0.1) is 5.69 Å². The zero-order chi connectivity index (χ0) is 15.4. The Morgan fingerprint density at radius 1 is 0.955 bits per heavy atom. The van der Waals surface area contributed by atoms with Crippen LogP contribution in [-0.4, -0.2) is 15.9 Å². The number of anilines is 1. The summed E-state index contributed by atoms with van der Waals surface area (Å²) in [5.41, 5.74) is 2.18. The van der Waals surface area contributed by atoms with Crippen LogP contribution in [-0.2, 0) is 0 Å². The fourth-order valence-electron chi connectivity index (χ4n) is 1.96. The van der Waals surface area contributed by atoms with Gasteiger partial charge in [0.25, 0.3) is 5.91 Å². The first kappa shape index (κ1) is 14.2. The number of amides is 1. The molecule has 0 aliphatic rings. The number of carbonyl (C=O) groups is 1. The molecule has 3 rings (SSSR count). The normalized spacial score (nSPS) is 10.2. The standard InChI is InChI=1S/C17H12ClN3O/c18-14-8-6-12(7-9-14)15-10-11-19-17(20-15)21-16(22)13-4-2-1-3-5-13/h1-11H,(H,19,20,21,22). The first-order chi connectivity index (χ1) is 10.7. The summed E-state index contributed by atoms with van der Waals surface area (Å²) < 4.78 is 0. The molecule has 1 heterocycles. The van der Waals surface area contributed by atoms with Crippen LogP contribution < -0.4 is 5.32 Å². The van der Waals surface area contributed by atoms with E-state index in [0.717, 1.165) is 11.3 Å². The maximum Gasteiger partial charge on any atom is 0.258 e. The Labute approximate surface area is 132 Å². The summed E-state index contributed by atoms with van der Waals surface area (Å²) in [4.78, 5) is 20.5. The molecule has 22 heavy (non-hydrogen) atoms. The van der Waals surface area contributed by atoms with Gasteiger partial charge in [0.15, 0.2) is 0 Å². The Kier molecular flexibility index (Phi) is 4.12. The van der Waals surface area contributed by atoms with Crippen LogP contribution in [0, 0.1) is 0 Å². The number of carbonyl (C=O) groups excluding carboxylic acids is 1. The second-order valence-corrected chi connectivity index (χ2v) is 5.03. The fourth-order valence-corrected chi connectivity index (χ4v) is 2.09. The molecule has 1 N–H and O–H groups in total. The first-order valence-corrected chi connectivity index (χ1v) is 7.05. The Hall–Kier alpha value is -2.72. The van der Waals surface area contributed by atoms with E-state index in [-0.39, 0.29) is 11.9 Å². The van der Waals surface area contributed by atoms with Crippen LogP contribution in [0.4, 0.5) is 5.95 Å². The molecule has 0 aliphatic carbocycles. The van der Waals surface area contributed by atoms with Crippen LogP contribution in [0.15, 0.2) is 66.9 Å². The van der Waals surface area contributed by atoms with Gasteiger partial charge in [-0.15, -0.1) is 0 Å². The highest BCUT2D eigenvalue weighted by Crippen LogP contribution is 2.20. The lowest BCUT2D eigenvalue weighted by Gasteiger charge is -2.06. The molecule has 2 aromatic carbocycles. The van der Waals surface area contributed by atoms with Crippen molar-refractivity contribution in [2.75, 3.05) is 5.32 Å². The summed E-state index contributed by atoms with van der Waals surface area (Å²) in [6.45, 7) is 0. The van der Waals surface area contributed by atoms with E-state index in [1.54, 1.807) is 48.7 Å². The van der Waals surface area contributed by atoms with Gasteiger partial charge in [-0.05, 0) is 30.3 Å². The minimum absolute atomic E-state index is 0.242. The summed E-state index contributed by atoms with van der Waals surface area (Å²) in [6.07, 6.45) is 1.61. The minimum atomic E-state index is -0.242. The van der Waals surface area contributed by atoms with Crippen molar-refractivity contribution in [1.82, 2.24) is 9.97 Å². The summed E-state index contributed by atoms with van der Waals surface area (Å²) >= 11 is 5.88. The van der Waals surface area contributed by atoms with E-state index < -0.39 is 0 Å². The molecule has 4 nitrogen and oxygen atoms in total. The third-order valence-electron chi connectivity index (χ3n) is 3.06. The molecule has 0 atom stereocenters. The summed E-state index contributed by atoms with van der Waals surface area (Å²) in [6, 6.07) is 18.0. The van der Waals surface area contributed by atoms with Crippen molar-refractivity contribution in [3.63, 3.8) is 0 Å². The molecular formula is C17H12ClN3O. The summed E-state index contributed by atoms with van der Waals surface area (Å²) in [5.74, 6) is 0.0233. The Bertz CT molecular complexity index is 789. The van der Waals surface area contributed by atoms with Gasteiger partial charge >= 0.3 is 0 Å². The van der Waals surface area contributed by atoms with Crippen LogP contribution in [0.2, 0.25) is 5.02 Å². The average Bonchev–Trinajstić information content (AvgIpc) is 2.56. The Morgan fingerprint density at radius 2 is 1.68 bits per heavy atom. The summed E-state index contributed by atoms with van der Waals surface area (Å²) in [7, 11) is 0. The van der Waals surface area contributed by atoms with Gasteiger partial charge in [-0.2, -0.15) is 0 Å². The molecule has 0 radical (unpaired) electrons. The van der Waals surface area contributed by atoms with Gasteiger partial charge in [0, 0.05) is 22.3 Å². The van der Waals surface area contributed by atoms with Gasteiger partial charge in [-0.1, -0.05) is 41.9 Å². The van der Waals surface area contributed by atoms with Crippen molar-refractivity contribution in [3.8, 4) is 11.3 Å². The Morgan fingerprint density at radius 3 is 2.41 bits per heavy atom. The molecular weight excluding hydrogens is 298 g/mol. The molecule has 0 fully saturated rings. The topological polar surface area (TPSA) is 54.9 Å².